The average molecular weight is 438 g/mol. The number of hydrogen-bond donors (Lipinski definition) is 2. The van der Waals surface area contributed by atoms with Crippen LogP contribution in [0.1, 0.15) is 40.7 Å². The molecule has 1 aromatic carbocycles. The van der Waals surface area contributed by atoms with Crippen LogP contribution in [0.4, 0.5) is 13.2 Å². The molecule has 4 rings (SSSR count). The van der Waals surface area contributed by atoms with Gasteiger partial charge in [0.15, 0.2) is 0 Å². The molecule has 2 saturated heterocycles. The number of carbonyl (C=O) groups is 3. The monoisotopic (exact) mass is 438 g/mol. The third-order valence-electron chi connectivity index (χ3n) is 6.54. The van der Waals surface area contributed by atoms with Crippen LogP contribution in [0.3, 0.4) is 0 Å². The minimum absolute atomic E-state index is 0.0136. The maximum absolute atomic E-state index is 13.2. The Labute approximate surface area is 177 Å². The summed E-state index contributed by atoms with van der Waals surface area (Å²) in [5.74, 6) is -3.04. The third-order valence-corrected chi connectivity index (χ3v) is 6.54. The Bertz CT molecular complexity index is 904. The molecule has 1 aromatic rings. The topological polar surface area (TPSA) is 95.7 Å². The van der Waals surface area contributed by atoms with Gasteiger partial charge in [-0.3, -0.25) is 24.6 Å². The van der Waals surface area contributed by atoms with E-state index in [1.165, 1.54) is 4.90 Å². The molecule has 0 bridgehead atoms. The van der Waals surface area contributed by atoms with Gasteiger partial charge < -0.3 is 10.6 Å². The first-order valence-electron chi connectivity index (χ1n) is 10.4. The van der Waals surface area contributed by atoms with Crippen molar-refractivity contribution in [1.82, 2.24) is 15.1 Å². The highest BCUT2D eigenvalue weighted by Gasteiger charge is 2.46. The number of imide groups is 1. The van der Waals surface area contributed by atoms with Crippen LogP contribution in [-0.2, 0) is 22.7 Å². The van der Waals surface area contributed by atoms with Crippen LogP contribution in [0.25, 0.3) is 0 Å². The van der Waals surface area contributed by atoms with Crippen molar-refractivity contribution in [3.63, 3.8) is 0 Å². The number of piperidine rings is 2. The van der Waals surface area contributed by atoms with Crippen molar-refractivity contribution in [1.29, 1.82) is 0 Å². The molecule has 0 spiro atoms. The number of likely N-dealkylation sites (tertiary alicyclic amines) is 1. The van der Waals surface area contributed by atoms with Crippen LogP contribution in [0, 0.1) is 11.8 Å². The number of benzene rings is 1. The number of carbonyl (C=O) groups excluding carboxylic acids is 3. The minimum atomic E-state index is -4.23. The molecule has 3 aliphatic heterocycles. The predicted molar refractivity (Wildman–Crippen MR) is 104 cm³/mol. The van der Waals surface area contributed by atoms with Crippen LogP contribution >= 0.6 is 0 Å². The third kappa shape index (κ3) is 4.31. The van der Waals surface area contributed by atoms with Crippen molar-refractivity contribution < 1.29 is 27.6 Å². The second kappa shape index (κ2) is 8.23. The van der Waals surface area contributed by atoms with E-state index in [1.54, 1.807) is 12.1 Å². The Morgan fingerprint density at radius 1 is 1.16 bits per heavy atom. The summed E-state index contributed by atoms with van der Waals surface area (Å²) in [5.41, 5.74) is 7.82. The van der Waals surface area contributed by atoms with Crippen molar-refractivity contribution >= 4 is 17.7 Å². The van der Waals surface area contributed by atoms with Crippen LogP contribution in [-0.4, -0.2) is 59.4 Å². The fourth-order valence-electron chi connectivity index (χ4n) is 4.91. The SMILES string of the molecule is NCC1CN(Cc2ccc3c(c2)CN(C2CCC(=O)NC2=O)C3=O)CCC1C(F)(F)F. The number of nitrogens with zero attached hydrogens (tertiary/aromatic N) is 2. The summed E-state index contributed by atoms with van der Waals surface area (Å²) in [6.07, 6.45) is -3.72. The number of halogens is 3. The van der Waals surface area contributed by atoms with Gasteiger partial charge in [-0.1, -0.05) is 12.1 Å². The highest BCUT2D eigenvalue weighted by molar-refractivity contribution is 6.05. The van der Waals surface area contributed by atoms with Gasteiger partial charge in [0.2, 0.25) is 11.8 Å². The zero-order chi connectivity index (χ0) is 22.3. The lowest BCUT2D eigenvalue weighted by Crippen LogP contribution is -2.52. The Kier molecular flexibility index (Phi) is 5.78. The lowest BCUT2D eigenvalue weighted by molar-refractivity contribution is -0.199. The summed E-state index contributed by atoms with van der Waals surface area (Å²) in [7, 11) is 0. The van der Waals surface area contributed by atoms with Crippen LogP contribution in [0.2, 0.25) is 0 Å². The van der Waals surface area contributed by atoms with E-state index < -0.39 is 30.0 Å². The van der Waals surface area contributed by atoms with Gasteiger partial charge in [-0.05, 0) is 49.0 Å². The van der Waals surface area contributed by atoms with E-state index in [2.05, 4.69) is 5.32 Å². The van der Waals surface area contributed by atoms with Gasteiger partial charge in [-0.25, -0.2) is 0 Å². The first kappa shape index (κ1) is 21.8. The average Bonchev–Trinajstić information content (AvgIpc) is 3.02. The lowest BCUT2D eigenvalue weighted by atomic mass is 9.84. The Morgan fingerprint density at radius 2 is 1.94 bits per heavy atom. The molecular formula is C21H25F3N4O3. The van der Waals surface area contributed by atoms with Crippen LogP contribution < -0.4 is 11.1 Å². The summed E-state index contributed by atoms with van der Waals surface area (Å²) in [4.78, 5) is 39.7. The molecule has 10 heteroatoms. The molecule has 3 aliphatic rings. The second-order valence-electron chi connectivity index (χ2n) is 8.56. The fraction of sp³-hybridized carbons (Fsp3) is 0.571. The summed E-state index contributed by atoms with van der Waals surface area (Å²) < 4.78 is 39.6. The second-order valence-corrected chi connectivity index (χ2v) is 8.56. The quantitative estimate of drug-likeness (QED) is 0.693. The maximum atomic E-state index is 13.2. The van der Waals surface area contributed by atoms with E-state index in [1.807, 2.05) is 11.0 Å². The number of rotatable bonds is 4. The molecule has 3 N–H and O–H groups in total. The van der Waals surface area contributed by atoms with Gasteiger partial charge in [-0.15, -0.1) is 0 Å². The van der Waals surface area contributed by atoms with Crippen molar-refractivity contribution in [2.24, 2.45) is 17.6 Å². The van der Waals surface area contributed by atoms with Crippen LogP contribution in [0.5, 0.6) is 0 Å². The van der Waals surface area contributed by atoms with E-state index in [9.17, 15) is 27.6 Å². The zero-order valence-electron chi connectivity index (χ0n) is 17.0. The number of fused-ring (bicyclic) bond motifs is 1. The molecule has 0 aliphatic carbocycles. The summed E-state index contributed by atoms with van der Waals surface area (Å²) in [5, 5.41) is 2.27. The highest BCUT2D eigenvalue weighted by Crippen LogP contribution is 2.38. The van der Waals surface area contributed by atoms with Crippen molar-refractivity contribution in [3.05, 3.63) is 34.9 Å². The van der Waals surface area contributed by atoms with E-state index in [4.69, 9.17) is 5.73 Å². The molecular weight excluding hydrogens is 413 g/mol. The van der Waals surface area contributed by atoms with Crippen molar-refractivity contribution in [3.8, 4) is 0 Å². The molecule has 3 heterocycles. The standard InChI is InChI=1S/C21H25F3N4O3/c22-21(23,24)16-5-6-27(10-14(16)8-25)9-12-1-2-15-13(7-12)11-28(20(15)31)17-3-4-18(29)26-19(17)30/h1-2,7,14,16-17H,3-6,8-11,25H2,(H,26,29,30). The molecule has 0 aromatic heterocycles. The fourth-order valence-corrected chi connectivity index (χ4v) is 4.91. The van der Waals surface area contributed by atoms with Gasteiger partial charge in [0.05, 0.1) is 5.92 Å². The zero-order valence-corrected chi connectivity index (χ0v) is 17.0. The van der Waals surface area contributed by atoms with Gasteiger partial charge in [0.1, 0.15) is 6.04 Å². The summed E-state index contributed by atoms with van der Waals surface area (Å²) in [6.45, 7) is 1.34. The molecule has 3 amide bonds. The smallest absolute Gasteiger partial charge is 0.330 e. The summed E-state index contributed by atoms with van der Waals surface area (Å²) in [6, 6.07) is 4.72. The number of nitrogens with one attached hydrogen (secondary N) is 1. The first-order chi connectivity index (χ1) is 14.7. The minimum Gasteiger partial charge on any atom is -0.330 e. The number of nitrogens with two attached hydrogens (primary N) is 1. The predicted octanol–water partition coefficient (Wildman–Crippen LogP) is 1.41. The molecule has 7 nitrogen and oxygen atoms in total. The Hall–Kier alpha value is -2.46. The van der Waals surface area contributed by atoms with E-state index >= 15 is 0 Å². The van der Waals surface area contributed by atoms with Gasteiger partial charge in [0, 0.05) is 31.6 Å². The molecule has 0 saturated carbocycles. The number of amides is 3. The lowest BCUT2D eigenvalue weighted by Gasteiger charge is -2.39. The molecule has 31 heavy (non-hydrogen) atoms. The first-order valence-corrected chi connectivity index (χ1v) is 10.4. The van der Waals surface area contributed by atoms with Gasteiger partial charge in [-0.2, -0.15) is 13.2 Å². The molecule has 168 valence electrons. The Balaban J connectivity index is 1.43. The summed E-state index contributed by atoms with van der Waals surface area (Å²) >= 11 is 0. The van der Waals surface area contributed by atoms with E-state index in [0.29, 0.717) is 25.1 Å². The molecule has 3 atom stereocenters. The van der Waals surface area contributed by atoms with Gasteiger partial charge in [0.25, 0.3) is 5.91 Å². The number of hydrogen-bond acceptors (Lipinski definition) is 5. The van der Waals surface area contributed by atoms with Crippen molar-refractivity contribution in [2.45, 2.75) is 44.6 Å². The highest BCUT2D eigenvalue weighted by atomic mass is 19.4. The molecule has 2 fully saturated rings. The molecule has 0 radical (unpaired) electrons. The Morgan fingerprint density at radius 3 is 2.61 bits per heavy atom. The van der Waals surface area contributed by atoms with E-state index in [-0.39, 0.29) is 44.3 Å². The maximum Gasteiger partial charge on any atom is 0.392 e. The van der Waals surface area contributed by atoms with Gasteiger partial charge >= 0.3 is 6.18 Å². The van der Waals surface area contributed by atoms with Crippen LogP contribution in [0.15, 0.2) is 18.2 Å². The van der Waals surface area contributed by atoms with Crippen molar-refractivity contribution in [2.75, 3.05) is 19.6 Å². The molecule has 3 unspecified atom stereocenters. The number of alkyl halides is 3. The van der Waals surface area contributed by atoms with E-state index in [0.717, 1.165) is 11.1 Å². The largest absolute Gasteiger partial charge is 0.392 e. The normalized spacial score (nSPS) is 27.4.